The highest BCUT2D eigenvalue weighted by atomic mass is 16.2. The van der Waals surface area contributed by atoms with Gasteiger partial charge in [0.2, 0.25) is 5.91 Å². The third kappa shape index (κ3) is 3.78. The molecular weight excluding hydrogens is 200 g/mol. The van der Waals surface area contributed by atoms with Crippen LogP contribution in [0, 0.1) is 5.92 Å². The summed E-state index contributed by atoms with van der Waals surface area (Å²) in [5.74, 6) is 0.868. The zero-order chi connectivity index (χ0) is 12.0. The Labute approximate surface area is 99.6 Å². The predicted molar refractivity (Wildman–Crippen MR) is 67.4 cm³/mol. The molecule has 1 rings (SSSR count). The SMILES string of the molecule is CCC(C)CC(=O)N(CC)C1CCNCC1. The Hall–Kier alpha value is -0.570. The van der Waals surface area contributed by atoms with Gasteiger partial charge in [0.15, 0.2) is 0 Å². The van der Waals surface area contributed by atoms with E-state index in [1.165, 1.54) is 0 Å². The van der Waals surface area contributed by atoms with Gasteiger partial charge in [0.25, 0.3) is 0 Å². The molecule has 1 fully saturated rings. The summed E-state index contributed by atoms with van der Waals surface area (Å²) in [6.07, 6.45) is 4.03. The second kappa shape index (κ2) is 6.89. The number of piperidine rings is 1. The smallest absolute Gasteiger partial charge is 0.223 e. The zero-order valence-electron chi connectivity index (χ0n) is 11.0. The topological polar surface area (TPSA) is 32.3 Å². The lowest BCUT2D eigenvalue weighted by Crippen LogP contribution is -2.46. The number of rotatable bonds is 5. The van der Waals surface area contributed by atoms with Gasteiger partial charge in [-0.05, 0) is 38.8 Å². The molecular formula is C13H26N2O. The molecule has 1 aliphatic heterocycles. The average molecular weight is 226 g/mol. The van der Waals surface area contributed by atoms with E-state index in [1.54, 1.807) is 0 Å². The molecule has 1 aliphatic rings. The summed E-state index contributed by atoms with van der Waals surface area (Å²) in [7, 11) is 0. The van der Waals surface area contributed by atoms with Crippen LogP contribution in [0.15, 0.2) is 0 Å². The Bertz CT molecular complexity index is 212. The predicted octanol–water partition coefficient (Wildman–Crippen LogP) is 2.02. The third-order valence-electron chi connectivity index (χ3n) is 3.63. The second-order valence-corrected chi connectivity index (χ2v) is 4.88. The molecule has 16 heavy (non-hydrogen) atoms. The first-order chi connectivity index (χ1) is 7.69. The van der Waals surface area contributed by atoms with Crippen LogP contribution < -0.4 is 5.32 Å². The van der Waals surface area contributed by atoms with Crippen LogP contribution in [-0.4, -0.2) is 36.5 Å². The summed E-state index contributed by atoms with van der Waals surface area (Å²) in [6, 6.07) is 0.475. The molecule has 0 aromatic carbocycles. The van der Waals surface area contributed by atoms with Gasteiger partial charge in [0, 0.05) is 19.0 Å². The van der Waals surface area contributed by atoms with Gasteiger partial charge >= 0.3 is 0 Å². The Morgan fingerprint density at radius 1 is 1.38 bits per heavy atom. The van der Waals surface area contributed by atoms with Gasteiger partial charge in [-0.15, -0.1) is 0 Å². The van der Waals surface area contributed by atoms with E-state index in [1.807, 2.05) is 0 Å². The van der Waals surface area contributed by atoms with E-state index >= 15 is 0 Å². The summed E-state index contributed by atoms with van der Waals surface area (Å²) < 4.78 is 0. The molecule has 0 bridgehead atoms. The summed E-state index contributed by atoms with van der Waals surface area (Å²) in [5, 5.41) is 3.35. The largest absolute Gasteiger partial charge is 0.340 e. The van der Waals surface area contributed by atoms with E-state index in [0.717, 1.165) is 38.9 Å². The number of carbonyl (C=O) groups excluding carboxylic acids is 1. The van der Waals surface area contributed by atoms with Gasteiger partial charge in [-0.25, -0.2) is 0 Å². The van der Waals surface area contributed by atoms with Gasteiger partial charge in [0.05, 0.1) is 0 Å². The highest BCUT2D eigenvalue weighted by Gasteiger charge is 2.24. The Morgan fingerprint density at radius 2 is 2.00 bits per heavy atom. The van der Waals surface area contributed by atoms with Gasteiger partial charge in [-0.3, -0.25) is 4.79 Å². The van der Waals surface area contributed by atoms with Crippen LogP contribution in [0.4, 0.5) is 0 Å². The molecule has 1 amide bonds. The molecule has 0 aliphatic carbocycles. The molecule has 1 atom stereocenters. The first kappa shape index (κ1) is 13.5. The van der Waals surface area contributed by atoms with Crippen LogP contribution in [0.1, 0.15) is 46.5 Å². The summed E-state index contributed by atoms with van der Waals surface area (Å²) in [5.41, 5.74) is 0. The molecule has 94 valence electrons. The highest BCUT2D eigenvalue weighted by Crippen LogP contribution is 2.16. The lowest BCUT2D eigenvalue weighted by Gasteiger charge is -2.34. The molecule has 1 heterocycles. The quantitative estimate of drug-likeness (QED) is 0.778. The van der Waals surface area contributed by atoms with Crippen molar-refractivity contribution in [2.45, 2.75) is 52.5 Å². The average Bonchev–Trinajstić information content (AvgIpc) is 2.31. The number of hydrogen-bond acceptors (Lipinski definition) is 2. The number of carbonyl (C=O) groups is 1. The lowest BCUT2D eigenvalue weighted by atomic mass is 10.0. The third-order valence-corrected chi connectivity index (χ3v) is 3.63. The van der Waals surface area contributed by atoms with Crippen molar-refractivity contribution in [2.24, 2.45) is 5.92 Å². The van der Waals surface area contributed by atoms with E-state index in [4.69, 9.17) is 0 Å². The fraction of sp³-hybridized carbons (Fsp3) is 0.923. The van der Waals surface area contributed by atoms with Crippen molar-refractivity contribution < 1.29 is 4.79 Å². The Morgan fingerprint density at radius 3 is 2.50 bits per heavy atom. The number of nitrogens with one attached hydrogen (secondary N) is 1. The normalized spacial score (nSPS) is 19.4. The van der Waals surface area contributed by atoms with Crippen molar-refractivity contribution in [1.29, 1.82) is 0 Å². The molecule has 1 N–H and O–H groups in total. The van der Waals surface area contributed by atoms with Crippen LogP contribution in [0.25, 0.3) is 0 Å². The van der Waals surface area contributed by atoms with Gasteiger partial charge in [-0.2, -0.15) is 0 Å². The molecule has 0 aromatic heterocycles. The lowest BCUT2D eigenvalue weighted by molar-refractivity contribution is -0.134. The van der Waals surface area contributed by atoms with Gasteiger partial charge in [-0.1, -0.05) is 20.3 Å². The van der Waals surface area contributed by atoms with Crippen molar-refractivity contribution in [3.8, 4) is 0 Å². The maximum Gasteiger partial charge on any atom is 0.223 e. The van der Waals surface area contributed by atoms with E-state index in [0.29, 0.717) is 24.3 Å². The van der Waals surface area contributed by atoms with Crippen molar-refractivity contribution >= 4 is 5.91 Å². The summed E-state index contributed by atoms with van der Waals surface area (Å²) >= 11 is 0. The van der Waals surface area contributed by atoms with Crippen molar-refractivity contribution in [3.63, 3.8) is 0 Å². The number of nitrogens with zero attached hydrogens (tertiary/aromatic N) is 1. The molecule has 0 aromatic rings. The standard InChI is InChI=1S/C13H26N2O/c1-4-11(3)10-13(16)15(5-2)12-6-8-14-9-7-12/h11-12,14H,4-10H2,1-3H3. The monoisotopic (exact) mass is 226 g/mol. The second-order valence-electron chi connectivity index (χ2n) is 4.88. The minimum atomic E-state index is 0.351. The van der Waals surface area contributed by atoms with E-state index in [9.17, 15) is 4.79 Å². The van der Waals surface area contributed by atoms with Crippen molar-refractivity contribution in [2.75, 3.05) is 19.6 Å². The molecule has 3 nitrogen and oxygen atoms in total. The maximum absolute atomic E-state index is 12.1. The molecule has 0 saturated carbocycles. The van der Waals surface area contributed by atoms with Crippen molar-refractivity contribution in [3.05, 3.63) is 0 Å². The Balaban J connectivity index is 2.48. The molecule has 1 unspecified atom stereocenters. The minimum Gasteiger partial charge on any atom is -0.340 e. The van der Waals surface area contributed by atoms with Gasteiger partial charge in [0.1, 0.15) is 0 Å². The molecule has 0 radical (unpaired) electrons. The number of amides is 1. The van der Waals surface area contributed by atoms with Crippen LogP contribution in [0.5, 0.6) is 0 Å². The van der Waals surface area contributed by atoms with Crippen molar-refractivity contribution in [1.82, 2.24) is 10.2 Å². The van der Waals surface area contributed by atoms with Crippen LogP contribution in [0.2, 0.25) is 0 Å². The fourth-order valence-corrected chi connectivity index (χ4v) is 2.32. The first-order valence-electron chi connectivity index (χ1n) is 6.69. The summed E-state index contributed by atoms with van der Waals surface area (Å²) in [6.45, 7) is 9.37. The first-order valence-corrected chi connectivity index (χ1v) is 6.69. The van der Waals surface area contributed by atoms with E-state index < -0.39 is 0 Å². The van der Waals surface area contributed by atoms with Crippen LogP contribution >= 0.6 is 0 Å². The minimum absolute atomic E-state index is 0.351. The molecule has 1 saturated heterocycles. The van der Waals surface area contributed by atoms with E-state index in [-0.39, 0.29) is 0 Å². The van der Waals surface area contributed by atoms with E-state index in [2.05, 4.69) is 31.0 Å². The Kier molecular flexibility index (Phi) is 5.81. The van der Waals surface area contributed by atoms with Crippen LogP contribution in [-0.2, 0) is 4.79 Å². The fourth-order valence-electron chi connectivity index (χ4n) is 2.32. The maximum atomic E-state index is 12.1. The van der Waals surface area contributed by atoms with Crippen LogP contribution in [0.3, 0.4) is 0 Å². The molecule has 3 heteroatoms. The zero-order valence-corrected chi connectivity index (χ0v) is 11.0. The highest BCUT2D eigenvalue weighted by molar-refractivity contribution is 5.76. The number of hydrogen-bond donors (Lipinski definition) is 1. The molecule has 0 spiro atoms. The summed E-state index contributed by atoms with van der Waals surface area (Å²) in [4.78, 5) is 14.2. The van der Waals surface area contributed by atoms with Gasteiger partial charge < -0.3 is 10.2 Å².